The summed E-state index contributed by atoms with van der Waals surface area (Å²) in [5.41, 5.74) is 0.361. The molecular formula is C15H30O. The molecule has 96 valence electrons. The molecule has 1 fully saturated rings. The minimum atomic E-state index is -0.118. The standard InChI is InChI=1S/C15H30O/c1-14(2,3)11-15(4,5)13(16)12-9-7-6-8-10-12/h12-13,16H,6-11H2,1-5H3. The van der Waals surface area contributed by atoms with Gasteiger partial charge in [-0.2, -0.15) is 0 Å². The summed E-state index contributed by atoms with van der Waals surface area (Å²) in [6.45, 7) is 11.3. The zero-order valence-electron chi connectivity index (χ0n) is 11.8. The third kappa shape index (κ3) is 4.08. The molecule has 0 spiro atoms. The van der Waals surface area contributed by atoms with E-state index < -0.39 is 0 Å². The molecule has 1 aliphatic carbocycles. The molecule has 0 aromatic heterocycles. The normalized spacial score (nSPS) is 22.1. The van der Waals surface area contributed by atoms with Gasteiger partial charge < -0.3 is 5.11 Å². The van der Waals surface area contributed by atoms with E-state index in [9.17, 15) is 5.11 Å². The number of hydrogen-bond acceptors (Lipinski definition) is 1. The quantitative estimate of drug-likeness (QED) is 0.756. The maximum atomic E-state index is 10.6. The lowest BCUT2D eigenvalue weighted by Crippen LogP contribution is -2.39. The van der Waals surface area contributed by atoms with Gasteiger partial charge in [0.05, 0.1) is 6.10 Å². The SMILES string of the molecule is CC(C)(C)CC(C)(C)C(O)C1CCCCC1. The van der Waals surface area contributed by atoms with Gasteiger partial charge in [0.15, 0.2) is 0 Å². The van der Waals surface area contributed by atoms with E-state index in [4.69, 9.17) is 0 Å². The van der Waals surface area contributed by atoms with Crippen LogP contribution in [-0.2, 0) is 0 Å². The van der Waals surface area contributed by atoms with Gasteiger partial charge >= 0.3 is 0 Å². The molecule has 1 rings (SSSR count). The summed E-state index contributed by atoms with van der Waals surface area (Å²) in [4.78, 5) is 0. The molecule has 0 saturated heterocycles. The Kier molecular flexibility index (Phi) is 4.45. The first kappa shape index (κ1) is 14.0. The molecule has 1 N–H and O–H groups in total. The molecular weight excluding hydrogens is 196 g/mol. The van der Waals surface area contributed by atoms with Crippen molar-refractivity contribution in [2.75, 3.05) is 0 Å². The van der Waals surface area contributed by atoms with E-state index in [1.54, 1.807) is 0 Å². The van der Waals surface area contributed by atoms with Crippen LogP contribution in [0.25, 0.3) is 0 Å². The Balaban J connectivity index is 2.59. The van der Waals surface area contributed by atoms with Crippen LogP contribution in [0.1, 0.15) is 73.1 Å². The maximum Gasteiger partial charge on any atom is 0.0619 e. The van der Waals surface area contributed by atoms with Crippen LogP contribution in [0.15, 0.2) is 0 Å². The highest BCUT2D eigenvalue weighted by Gasteiger charge is 2.37. The van der Waals surface area contributed by atoms with Crippen molar-refractivity contribution < 1.29 is 5.11 Å². The minimum Gasteiger partial charge on any atom is -0.392 e. The highest BCUT2D eigenvalue weighted by molar-refractivity contribution is 4.87. The van der Waals surface area contributed by atoms with Gasteiger partial charge in [-0.15, -0.1) is 0 Å². The number of aliphatic hydroxyl groups excluding tert-OH is 1. The van der Waals surface area contributed by atoms with Gasteiger partial charge in [-0.05, 0) is 36.0 Å². The summed E-state index contributed by atoms with van der Waals surface area (Å²) in [7, 11) is 0. The zero-order chi connectivity index (χ0) is 12.4. The van der Waals surface area contributed by atoms with Crippen molar-refractivity contribution in [1.29, 1.82) is 0 Å². The summed E-state index contributed by atoms with van der Waals surface area (Å²) in [5.74, 6) is 0.547. The van der Waals surface area contributed by atoms with Gasteiger partial charge in [-0.3, -0.25) is 0 Å². The van der Waals surface area contributed by atoms with E-state index in [1.807, 2.05) is 0 Å². The number of aliphatic hydroxyl groups is 1. The van der Waals surface area contributed by atoms with Crippen LogP contribution < -0.4 is 0 Å². The lowest BCUT2D eigenvalue weighted by Gasteiger charge is -2.41. The van der Waals surface area contributed by atoms with Crippen molar-refractivity contribution in [2.45, 2.75) is 79.2 Å². The Labute approximate surface area is 102 Å². The molecule has 1 atom stereocenters. The highest BCUT2D eigenvalue weighted by atomic mass is 16.3. The average molecular weight is 226 g/mol. The zero-order valence-corrected chi connectivity index (χ0v) is 11.8. The minimum absolute atomic E-state index is 0.0558. The first-order chi connectivity index (χ1) is 7.22. The number of rotatable bonds is 3. The highest BCUT2D eigenvalue weighted by Crippen LogP contribution is 2.41. The molecule has 0 amide bonds. The van der Waals surface area contributed by atoms with Crippen LogP contribution in [0.5, 0.6) is 0 Å². The maximum absolute atomic E-state index is 10.6. The van der Waals surface area contributed by atoms with Crippen molar-refractivity contribution in [1.82, 2.24) is 0 Å². The van der Waals surface area contributed by atoms with Crippen molar-refractivity contribution in [3.8, 4) is 0 Å². The average Bonchev–Trinajstić information content (AvgIpc) is 2.14. The van der Waals surface area contributed by atoms with Crippen LogP contribution in [0, 0.1) is 16.7 Å². The topological polar surface area (TPSA) is 20.2 Å². The van der Waals surface area contributed by atoms with E-state index in [-0.39, 0.29) is 11.5 Å². The second-order valence-electron chi connectivity index (χ2n) is 7.57. The second kappa shape index (κ2) is 5.08. The Morgan fingerprint density at radius 3 is 1.94 bits per heavy atom. The first-order valence-corrected chi connectivity index (χ1v) is 6.90. The van der Waals surface area contributed by atoms with Gasteiger partial charge in [-0.1, -0.05) is 53.9 Å². The fraction of sp³-hybridized carbons (Fsp3) is 1.00. The molecule has 1 heteroatoms. The van der Waals surface area contributed by atoms with Crippen molar-refractivity contribution >= 4 is 0 Å². The molecule has 1 aliphatic rings. The molecule has 0 bridgehead atoms. The largest absolute Gasteiger partial charge is 0.392 e. The third-order valence-corrected chi connectivity index (χ3v) is 3.88. The van der Waals surface area contributed by atoms with Crippen LogP contribution in [0.3, 0.4) is 0 Å². The molecule has 1 nitrogen and oxygen atoms in total. The Hall–Kier alpha value is -0.0400. The number of hydrogen-bond donors (Lipinski definition) is 1. The predicted octanol–water partition coefficient (Wildman–Crippen LogP) is 4.39. The van der Waals surface area contributed by atoms with E-state index >= 15 is 0 Å². The molecule has 0 aromatic rings. The molecule has 0 radical (unpaired) electrons. The summed E-state index contributed by atoms with van der Waals surface area (Å²) >= 11 is 0. The molecule has 0 aromatic carbocycles. The van der Waals surface area contributed by atoms with Gasteiger partial charge in [0, 0.05) is 0 Å². The van der Waals surface area contributed by atoms with Gasteiger partial charge in [0.2, 0.25) is 0 Å². The van der Waals surface area contributed by atoms with Crippen molar-refractivity contribution in [3.63, 3.8) is 0 Å². The third-order valence-electron chi connectivity index (χ3n) is 3.88. The van der Waals surface area contributed by atoms with E-state index in [1.165, 1.54) is 32.1 Å². The molecule has 16 heavy (non-hydrogen) atoms. The first-order valence-electron chi connectivity index (χ1n) is 6.90. The molecule has 1 saturated carbocycles. The summed E-state index contributed by atoms with van der Waals surface area (Å²) in [6.07, 6.45) is 7.43. The van der Waals surface area contributed by atoms with Crippen LogP contribution in [0.2, 0.25) is 0 Å². The van der Waals surface area contributed by atoms with Gasteiger partial charge in [-0.25, -0.2) is 0 Å². The smallest absolute Gasteiger partial charge is 0.0619 e. The summed E-state index contributed by atoms with van der Waals surface area (Å²) < 4.78 is 0. The van der Waals surface area contributed by atoms with Crippen LogP contribution in [0.4, 0.5) is 0 Å². The molecule has 0 heterocycles. The fourth-order valence-electron chi connectivity index (χ4n) is 3.56. The summed E-state index contributed by atoms with van der Waals surface area (Å²) in [6, 6.07) is 0. The van der Waals surface area contributed by atoms with Crippen LogP contribution >= 0.6 is 0 Å². The Morgan fingerprint density at radius 2 is 1.50 bits per heavy atom. The predicted molar refractivity (Wildman–Crippen MR) is 70.4 cm³/mol. The molecule has 0 aliphatic heterocycles. The van der Waals surface area contributed by atoms with E-state index in [0.717, 1.165) is 6.42 Å². The van der Waals surface area contributed by atoms with Gasteiger partial charge in [0.25, 0.3) is 0 Å². The monoisotopic (exact) mass is 226 g/mol. The van der Waals surface area contributed by atoms with Gasteiger partial charge in [0.1, 0.15) is 0 Å². The fourth-order valence-corrected chi connectivity index (χ4v) is 3.56. The Bertz CT molecular complexity index is 206. The lowest BCUT2D eigenvalue weighted by molar-refractivity contribution is -0.0312. The van der Waals surface area contributed by atoms with Crippen molar-refractivity contribution in [3.05, 3.63) is 0 Å². The van der Waals surface area contributed by atoms with E-state index in [0.29, 0.717) is 11.3 Å². The van der Waals surface area contributed by atoms with Crippen LogP contribution in [-0.4, -0.2) is 11.2 Å². The lowest BCUT2D eigenvalue weighted by atomic mass is 9.67. The van der Waals surface area contributed by atoms with Crippen molar-refractivity contribution in [2.24, 2.45) is 16.7 Å². The Morgan fingerprint density at radius 1 is 1.00 bits per heavy atom. The summed E-state index contributed by atoms with van der Waals surface area (Å²) in [5, 5.41) is 10.6. The second-order valence-corrected chi connectivity index (χ2v) is 7.57. The molecule has 1 unspecified atom stereocenters. The van der Waals surface area contributed by atoms with E-state index in [2.05, 4.69) is 34.6 Å².